The molecule has 1 aromatic carbocycles. The highest BCUT2D eigenvalue weighted by Gasteiger charge is 2.17. The van der Waals surface area contributed by atoms with E-state index in [1.165, 1.54) is 12.1 Å². The fraction of sp³-hybridized carbons (Fsp3) is 0.696. The van der Waals surface area contributed by atoms with Gasteiger partial charge in [0, 0.05) is 85.0 Å². The molecule has 2 saturated heterocycles. The van der Waals surface area contributed by atoms with Crippen molar-refractivity contribution in [3.63, 3.8) is 0 Å². The maximum atomic E-state index is 13.1. The second kappa shape index (κ2) is 15.6. The predicted molar refractivity (Wildman–Crippen MR) is 139 cm³/mol. The Morgan fingerprint density at radius 2 is 1.78 bits per heavy atom. The molecule has 7 nitrogen and oxygen atoms in total. The van der Waals surface area contributed by atoms with Crippen LogP contribution in [0.3, 0.4) is 0 Å². The van der Waals surface area contributed by atoms with Crippen molar-refractivity contribution in [3.8, 4) is 0 Å². The van der Waals surface area contributed by atoms with Gasteiger partial charge < -0.3 is 25.0 Å². The molecular weight excluding hydrogens is 524 g/mol. The molecule has 0 bridgehead atoms. The third-order valence-corrected chi connectivity index (χ3v) is 5.96. The molecule has 0 atom stereocenters. The largest absolute Gasteiger partial charge is 0.381 e. The Kier molecular flexibility index (Phi) is 13.2. The van der Waals surface area contributed by atoms with Gasteiger partial charge in [-0.2, -0.15) is 0 Å². The van der Waals surface area contributed by atoms with Crippen LogP contribution in [0.4, 0.5) is 10.1 Å². The summed E-state index contributed by atoms with van der Waals surface area (Å²) >= 11 is 0. The third-order valence-electron chi connectivity index (χ3n) is 5.96. The molecule has 0 radical (unpaired) electrons. The van der Waals surface area contributed by atoms with Crippen molar-refractivity contribution < 1.29 is 13.9 Å². The molecule has 3 rings (SSSR count). The van der Waals surface area contributed by atoms with E-state index in [1.807, 2.05) is 12.1 Å². The van der Waals surface area contributed by atoms with Crippen LogP contribution in [0.25, 0.3) is 0 Å². The number of guanidine groups is 1. The van der Waals surface area contributed by atoms with Crippen LogP contribution in [0.15, 0.2) is 29.3 Å². The molecule has 9 heteroatoms. The molecule has 2 fully saturated rings. The highest BCUT2D eigenvalue weighted by atomic mass is 127. The van der Waals surface area contributed by atoms with Crippen LogP contribution in [0.5, 0.6) is 0 Å². The Labute approximate surface area is 209 Å². The van der Waals surface area contributed by atoms with Gasteiger partial charge in [-0.3, -0.25) is 9.89 Å². The van der Waals surface area contributed by atoms with Gasteiger partial charge >= 0.3 is 0 Å². The first-order valence-corrected chi connectivity index (χ1v) is 11.6. The number of nitrogens with zero attached hydrogens (tertiary/aromatic N) is 3. The zero-order chi connectivity index (χ0) is 21.7. The number of aliphatic imine (C=N–C) groups is 1. The minimum absolute atomic E-state index is 0. The van der Waals surface area contributed by atoms with Gasteiger partial charge in [0.25, 0.3) is 0 Å². The highest BCUT2D eigenvalue weighted by molar-refractivity contribution is 14.0. The van der Waals surface area contributed by atoms with Crippen LogP contribution in [0.2, 0.25) is 0 Å². The first kappa shape index (κ1) is 27.1. The van der Waals surface area contributed by atoms with Crippen molar-refractivity contribution >= 4 is 35.6 Å². The number of rotatable bonds is 10. The van der Waals surface area contributed by atoms with E-state index in [9.17, 15) is 4.39 Å². The molecule has 2 N–H and O–H groups in total. The Morgan fingerprint density at radius 1 is 1.09 bits per heavy atom. The second-order valence-electron chi connectivity index (χ2n) is 8.22. The Bertz CT molecular complexity index is 650. The molecule has 0 saturated carbocycles. The van der Waals surface area contributed by atoms with Crippen molar-refractivity contribution in [2.45, 2.75) is 19.3 Å². The van der Waals surface area contributed by atoms with E-state index in [-0.39, 0.29) is 29.8 Å². The zero-order valence-electron chi connectivity index (χ0n) is 19.2. The van der Waals surface area contributed by atoms with Crippen LogP contribution in [-0.2, 0) is 9.47 Å². The van der Waals surface area contributed by atoms with Gasteiger partial charge in [0.1, 0.15) is 5.82 Å². The first-order chi connectivity index (χ1) is 15.2. The normalized spacial score (nSPS) is 18.3. The number of nitrogens with one attached hydrogen (secondary N) is 2. The van der Waals surface area contributed by atoms with Crippen molar-refractivity contribution in [1.82, 2.24) is 15.5 Å². The molecule has 2 heterocycles. The second-order valence-corrected chi connectivity index (χ2v) is 8.22. The lowest BCUT2D eigenvalue weighted by Crippen LogP contribution is -2.49. The van der Waals surface area contributed by atoms with Gasteiger partial charge in [-0.25, -0.2) is 4.39 Å². The predicted octanol–water partition coefficient (Wildman–Crippen LogP) is 2.56. The number of piperazine rings is 1. The summed E-state index contributed by atoms with van der Waals surface area (Å²) in [5.41, 5.74) is 1.10. The lowest BCUT2D eigenvalue weighted by atomic mass is 10.0. The summed E-state index contributed by atoms with van der Waals surface area (Å²) in [6, 6.07) is 6.78. The molecule has 2 aliphatic rings. The van der Waals surface area contributed by atoms with E-state index < -0.39 is 0 Å². The van der Waals surface area contributed by atoms with Crippen LogP contribution in [-0.4, -0.2) is 90.1 Å². The topological polar surface area (TPSA) is 61.4 Å². The Balaban J connectivity index is 0.00000363. The van der Waals surface area contributed by atoms with Gasteiger partial charge in [0.05, 0.1) is 0 Å². The quantitative estimate of drug-likeness (QED) is 0.198. The summed E-state index contributed by atoms with van der Waals surface area (Å²) in [6.45, 7) is 10.0. The van der Waals surface area contributed by atoms with Gasteiger partial charge in [-0.15, -0.1) is 24.0 Å². The molecule has 0 amide bonds. The number of hydrogen-bond donors (Lipinski definition) is 2. The fourth-order valence-electron chi connectivity index (χ4n) is 3.98. The number of anilines is 1. The average molecular weight is 564 g/mol. The number of ether oxygens (including phenoxy) is 2. The van der Waals surface area contributed by atoms with E-state index in [1.54, 1.807) is 7.05 Å². The monoisotopic (exact) mass is 563 g/mol. The SMILES string of the molecule is CN=C(NCCCOCC1CCOCC1)NCCN1CCN(c2ccc(F)cc2)CC1.I. The molecule has 2 aliphatic heterocycles. The van der Waals surface area contributed by atoms with Crippen molar-refractivity contribution in [2.75, 3.05) is 84.2 Å². The Hall–Kier alpha value is -1.17. The standard InChI is InChI=1S/C23H38FN5O2.HI/c1-25-23(26-9-2-16-31-19-20-7-17-30-18-8-20)27-10-11-28-12-14-29(15-13-28)22-5-3-21(24)4-6-22;/h3-6,20H,2,7-19H2,1H3,(H2,25,26,27);1H. The smallest absolute Gasteiger partial charge is 0.191 e. The van der Waals surface area contributed by atoms with E-state index in [0.717, 1.165) is 103 Å². The molecule has 32 heavy (non-hydrogen) atoms. The number of hydrogen-bond acceptors (Lipinski definition) is 5. The molecule has 182 valence electrons. The maximum Gasteiger partial charge on any atom is 0.191 e. The molecule has 1 aromatic rings. The van der Waals surface area contributed by atoms with E-state index in [4.69, 9.17) is 9.47 Å². The minimum atomic E-state index is -0.182. The van der Waals surface area contributed by atoms with Gasteiger partial charge in [-0.05, 0) is 49.4 Å². The van der Waals surface area contributed by atoms with Crippen molar-refractivity contribution in [3.05, 3.63) is 30.1 Å². The van der Waals surface area contributed by atoms with Gasteiger partial charge in [0.15, 0.2) is 5.96 Å². The third kappa shape index (κ3) is 9.76. The fourth-order valence-corrected chi connectivity index (χ4v) is 3.98. The molecule has 0 aromatic heterocycles. The first-order valence-electron chi connectivity index (χ1n) is 11.6. The molecule has 0 unspecified atom stereocenters. The maximum absolute atomic E-state index is 13.1. The molecular formula is C23H39FIN5O2. The Morgan fingerprint density at radius 3 is 2.47 bits per heavy atom. The molecule has 0 spiro atoms. The van der Waals surface area contributed by atoms with E-state index in [2.05, 4.69) is 25.4 Å². The molecule has 0 aliphatic carbocycles. The summed E-state index contributed by atoms with van der Waals surface area (Å²) in [7, 11) is 1.80. The van der Waals surface area contributed by atoms with Crippen LogP contribution in [0.1, 0.15) is 19.3 Å². The number of halogens is 2. The number of benzene rings is 1. The summed E-state index contributed by atoms with van der Waals surface area (Å²) in [5, 5.41) is 6.76. The van der Waals surface area contributed by atoms with Crippen LogP contribution >= 0.6 is 24.0 Å². The van der Waals surface area contributed by atoms with Gasteiger partial charge in [0.2, 0.25) is 0 Å². The zero-order valence-corrected chi connectivity index (χ0v) is 21.6. The highest BCUT2D eigenvalue weighted by Crippen LogP contribution is 2.17. The van der Waals surface area contributed by atoms with E-state index >= 15 is 0 Å². The summed E-state index contributed by atoms with van der Waals surface area (Å²) in [6.07, 6.45) is 3.21. The van der Waals surface area contributed by atoms with Gasteiger partial charge in [-0.1, -0.05) is 0 Å². The lowest BCUT2D eigenvalue weighted by Gasteiger charge is -2.36. The lowest BCUT2D eigenvalue weighted by molar-refractivity contribution is 0.0203. The summed E-state index contributed by atoms with van der Waals surface area (Å²) < 4.78 is 24.3. The average Bonchev–Trinajstić information content (AvgIpc) is 2.82. The summed E-state index contributed by atoms with van der Waals surface area (Å²) in [5.74, 6) is 1.32. The van der Waals surface area contributed by atoms with Crippen LogP contribution in [0, 0.1) is 11.7 Å². The van der Waals surface area contributed by atoms with Crippen molar-refractivity contribution in [1.29, 1.82) is 0 Å². The van der Waals surface area contributed by atoms with E-state index in [0.29, 0.717) is 5.92 Å². The minimum Gasteiger partial charge on any atom is -0.381 e. The van der Waals surface area contributed by atoms with Crippen molar-refractivity contribution in [2.24, 2.45) is 10.9 Å². The summed E-state index contributed by atoms with van der Waals surface area (Å²) in [4.78, 5) is 9.07. The van der Waals surface area contributed by atoms with Crippen LogP contribution < -0.4 is 15.5 Å².